The zero-order chi connectivity index (χ0) is 76.5. The van der Waals surface area contributed by atoms with E-state index >= 15 is 0 Å². The summed E-state index contributed by atoms with van der Waals surface area (Å²) in [4.78, 5) is 68.4. The van der Waals surface area contributed by atoms with Crippen molar-refractivity contribution in [2.75, 3.05) is 37.3 Å². The first-order chi connectivity index (χ1) is 52.4. The van der Waals surface area contributed by atoms with Gasteiger partial charge in [-0.1, -0.05) is 125 Å². The number of carboxylic acids is 3. The monoisotopic (exact) mass is 1500 g/mol. The van der Waals surface area contributed by atoms with Crippen LogP contribution in [0.3, 0.4) is 0 Å². The number of anilines is 6. The molecule has 0 aliphatic heterocycles. The maximum absolute atomic E-state index is 11.0. The lowest BCUT2D eigenvalue weighted by Crippen LogP contribution is -2.07. The highest BCUT2D eigenvalue weighted by atomic mass is 32.1. The molecule has 0 fully saturated rings. The molecule has 0 unspecified atom stereocenters. The first kappa shape index (κ1) is 78.4. The van der Waals surface area contributed by atoms with Crippen LogP contribution >= 0.6 is 34.0 Å². The number of hydrogen-bond donors (Lipinski definition) is 6. The predicted molar refractivity (Wildman–Crippen MR) is 441 cm³/mol. The number of benzene rings is 6. The molecule has 0 aliphatic carbocycles. The summed E-state index contributed by atoms with van der Waals surface area (Å²) < 4.78 is 15.7. The number of allylic oxidation sites excluding steroid dienone is 1. The van der Waals surface area contributed by atoms with Crippen LogP contribution in [0.5, 0.6) is 17.2 Å². The van der Waals surface area contributed by atoms with Crippen molar-refractivity contribution < 1.29 is 43.9 Å². The Kier molecular flexibility index (Phi) is 28.1. The van der Waals surface area contributed by atoms with Crippen molar-refractivity contribution in [3.05, 3.63) is 276 Å². The quantitative estimate of drug-likeness (QED) is 0.0229. The average molecular weight is 1500 g/mol. The summed E-state index contributed by atoms with van der Waals surface area (Å²) in [5, 5.41) is 37.3. The highest BCUT2D eigenvalue weighted by Gasteiger charge is 2.19. The largest absolute Gasteiger partial charge is 0.497 e. The molecule has 0 aliphatic rings. The van der Waals surface area contributed by atoms with Crippen LogP contribution in [0.2, 0.25) is 0 Å². The van der Waals surface area contributed by atoms with Gasteiger partial charge in [0.15, 0.2) is 17.5 Å². The molecule has 0 atom stereocenters. The van der Waals surface area contributed by atoms with Gasteiger partial charge in [-0.2, -0.15) is 0 Å². The highest BCUT2D eigenvalue weighted by Crippen LogP contribution is 2.36. The minimum absolute atomic E-state index is 0.00484. The topological polar surface area (TPSA) is 253 Å². The van der Waals surface area contributed by atoms with Crippen molar-refractivity contribution in [3.63, 3.8) is 0 Å². The minimum atomic E-state index is -0.851. The number of thiophene rings is 3. The Morgan fingerprint density at radius 1 is 0.380 bits per heavy atom. The van der Waals surface area contributed by atoms with Crippen molar-refractivity contribution >= 4 is 123 Å². The second kappa shape index (κ2) is 38.7. The van der Waals surface area contributed by atoms with E-state index in [1.807, 2.05) is 171 Å². The molecule has 0 saturated carbocycles. The smallest absolute Gasteiger partial charge is 0.307 e. The third kappa shape index (κ3) is 22.2. The molecule has 6 heterocycles. The lowest BCUT2D eigenvalue weighted by atomic mass is 10.1. The first-order valence-electron chi connectivity index (χ1n) is 35.2. The van der Waals surface area contributed by atoms with Crippen molar-refractivity contribution in [3.8, 4) is 49.4 Å². The number of nitrogens with one attached hydrogen (secondary N) is 3. The third-order valence-corrected chi connectivity index (χ3v) is 20.2. The summed E-state index contributed by atoms with van der Waals surface area (Å²) >= 11 is 4.92. The Morgan fingerprint density at radius 2 is 0.685 bits per heavy atom. The highest BCUT2D eigenvalue weighted by molar-refractivity contribution is 7.17. The SMILES string of the molecule is C=CCc1c(CC)nc(-c2ccc(/C=C/c3ccc(OC)cc3)s2)nc1Nc1ccc(CC(=O)O)cc1.CCc1c(C)nc(-c2ccc(/C=C/c3ccc(OC)cc3)s2)nc1Nc1ccc(CC(=O)O)cc1.CCc1nc(-c2ccc(/C=C/c3ccc(OC)cc3)s2)nc(Nc2ccc(CC(=O)O)cc2)c1CC. The molecule has 18 nitrogen and oxygen atoms in total. The summed E-state index contributed by atoms with van der Waals surface area (Å²) in [6.07, 6.45) is 18.2. The molecule has 6 aromatic heterocycles. The Morgan fingerprint density at radius 3 is 0.981 bits per heavy atom. The van der Waals surface area contributed by atoms with Crippen molar-refractivity contribution in [1.29, 1.82) is 0 Å². The van der Waals surface area contributed by atoms with E-state index in [0.717, 1.165) is 174 Å². The molecule has 6 aromatic carbocycles. The molecule has 21 heteroatoms. The second-order valence-corrected chi connectivity index (χ2v) is 28.0. The number of aromatic nitrogens is 6. The number of nitrogens with zero attached hydrogens (tertiary/aromatic N) is 6. The number of ether oxygens (including phenoxy) is 3. The van der Waals surface area contributed by atoms with Crippen molar-refractivity contribution in [2.45, 2.75) is 86.0 Å². The fourth-order valence-electron chi connectivity index (χ4n) is 11.5. The van der Waals surface area contributed by atoms with Gasteiger partial charge < -0.3 is 45.5 Å². The molecule has 0 saturated heterocycles. The van der Waals surface area contributed by atoms with E-state index in [1.165, 1.54) is 0 Å². The third-order valence-electron chi connectivity index (χ3n) is 17.0. The summed E-state index contributed by atoms with van der Waals surface area (Å²) in [6, 6.07) is 58.3. The van der Waals surface area contributed by atoms with Crippen LogP contribution in [0.15, 0.2) is 195 Å². The summed E-state index contributed by atoms with van der Waals surface area (Å²) in [5.74, 6) is 4.31. The Bertz CT molecular complexity index is 5130. The van der Waals surface area contributed by atoms with Gasteiger partial charge in [-0.25, -0.2) is 29.9 Å². The fourth-order valence-corrected chi connectivity index (χ4v) is 14.0. The molecule has 6 N–H and O–H groups in total. The van der Waals surface area contributed by atoms with Crippen LogP contribution in [-0.2, 0) is 65.8 Å². The maximum atomic E-state index is 11.0. The van der Waals surface area contributed by atoms with Gasteiger partial charge in [0, 0.05) is 65.5 Å². The molecule has 12 aromatic rings. The Hall–Kier alpha value is -12.2. The molecule has 0 amide bonds. The molecule has 108 heavy (non-hydrogen) atoms. The maximum Gasteiger partial charge on any atom is 0.307 e. The van der Waals surface area contributed by atoms with E-state index in [-0.39, 0.29) is 19.3 Å². The lowest BCUT2D eigenvalue weighted by Gasteiger charge is -2.15. The standard InChI is InChI=1S/C30H29N3O3S.C29H29N3O3S.C28H27N3O3S/c1-4-6-25-26(5-2)32-30(33-29(25)31-22-12-7-21(8-13-22)19-28(34)35)27-18-17-24(37-27)16-11-20-9-14-23(36-3)15-10-20;1-4-24-25(5-2)31-29(32-28(24)30-21-11-6-20(7-12-21)18-27(33)34)26-17-16-23(36-26)15-10-19-8-13-22(35-3)14-9-19;1-4-24-18(2)29-28(31-27(24)30-21-10-5-20(6-11-21)17-26(32)33)25-16-15-23(35-25)14-9-19-7-12-22(34-3)13-8-19/h4,7-18H,1,5-6,19H2,2-3H3,(H,34,35)(H,31,32,33);6-17H,4-5,18H2,1-3H3,(H,33,34)(H,30,31,32);5-16H,4,17H2,1-3H3,(H,32,33)(H,29,30,31)/b16-11+;15-10+;14-9+. The minimum Gasteiger partial charge on any atom is -0.497 e. The second-order valence-electron chi connectivity index (χ2n) is 24.6. The number of carbonyl (C=O) groups is 3. The average Bonchev–Trinajstić information content (AvgIpc) is 1.36. The van der Waals surface area contributed by atoms with Gasteiger partial charge in [0.1, 0.15) is 34.7 Å². The van der Waals surface area contributed by atoms with E-state index in [1.54, 1.807) is 55.3 Å². The van der Waals surface area contributed by atoms with Gasteiger partial charge in [0.25, 0.3) is 0 Å². The number of aryl methyl sites for hydroxylation is 3. The van der Waals surface area contributed by atoms with E-state index in [9.17, 15) is 14.4 Å². The summed E-state index contributed by atoms with van der Waals surface area (Å²) in [5.41, 5.74) is 14.2. The fraction of sp³-hybridized carbons (Fsp3) is 0.184. The van der Waals surface area contributed by atoms with Crippen LogP contribution < -0.4 is 30.2 Å². The lowest BCUT2D eigenvalue weighted by molar-refractivity contribution is -0.137. The number of rotatable bonds is 30. The molecule has 0 spiro atoms. The summed E-state index contributed by atoms with van der Waals surface area (Å²) in [7, 11) is 4.98. The summed E-state index contributed by atoms with van der Waals surface area (Å²) in [6.45, 7) is 14.3. The predicted octanol–water partition coefficient (Wildman–Crippen LogP) is 20.6. The van der Waals surface area contributed by atoms with Crippen LogP contribution in [0.25, 0.3) is 68.6 Å². The van der Waals surface area contributed by atoms with E-state index in [0.29, 0.717) is 23.9 Å². The van der Waals surface area contributed by atoms with Gasteiger partial charge >= 0.3 is 17.9 Å². The molecular weight excluding hydrogens is 1410 g/mol. The number of carboxylic acid groups (broad SMARTS) is 3. The number of aliphatic carboxylic acids is 3. The number of hydrogen-bond acceptors (Lipinski definition) is 18. The van der Waals surface area contributed by atoms with E-state index in [4.69, 9.17) is 59.4 Å². The first-order valence-corrected chi connectivity index (χ1v) is 37.7. The number of methoxy groups -OCH3 is 3. The van der Waals surface area contributed by atoms with Crippen LogP contribution in [0.4, 0.5) is 34.5 Å². The van der Waals surface area contributed by atoms with Crippen LogP contribution in [-0.4, -0.2) is 84.5 Å². The van der Waals surface area contributed by atoms with Crippen LogP contribution in [0.1, 0.15) is 109 Å². The molecule has 12 rings (SSSR count). The van der Waals surface area contributed by atoms with Gasteiger partial charge in [0.05, 0.1) is 55.2 Å². The van der Waals surface area contributed by atoms with Gasteiger partial charge in [-0.05, 0) is 200 Å². The van der Waals surface area contributed by atoms with Crippen molar-refractivity contribution in [1.82, 2.24) is 29.9 Å². The Balaban J connectivity index is 0.000000173. The van der Waals surface area contributed by atoms with Crippen LogP contribution in [0, 0.1) is 6.92 Å². The van der Waals surface area contributed by atoms with Gasteiger partial charge in [0.2, 0.25) is 0 Å². The molecular formula is C87H85N9O9S3. The van der Waals surface area contributed by atoms with E-state index < -0.39 is 17.9 Å². The van der Waals surface area contributed by atoms with E-state index in [2.05, 4.69) is 111 Å². The van der Waals surface area contributed by atoms with Gasteiger partial charge in [-0.3, -0.25) is 14.4 Å². The normalized spacial score (nSPS) is 11.0. The Labute approximate surface area is 641 Å². The van der Waals surface area contributed by atoms with Crippen molar-refractivity contribution in [2.24, 2.45) is 0 Å². The zero-order valence-corrected chi connectivity index (χ0v) is 63.9. The van der Waals surface area contributed by atoms with Gasteiger partial charge in [-0.15, -0.1) is 40.6 Å². The molecule has 550 valence electrons. The molecule has 0 bridgehead atoms. The zero-order valence-electron chi connectivity index (χ0n) is 61.4. The molecule has 0 radical (unpaired) electrons.